The van der Waals surface area contributed by atoms with Gasteiger partial charge in [0.1, 0.15) is 12.4 Å². The number of carboxylic acids is 1. The first-order chi connectivity index (χ1) is 15.3. The zero-order valence-corrected chi connectivity index (χ0v) is 18.2. The summed E-state index contributed by atoms with van der Waals surface area (Å²) in [4.78, 5) is 24.1. The number of benzene rings is 3. The second kappa shape index (κ2) is 8.38. The first-order valence-corrected chi connectivity index (χ1v) is 10.4. The molecule has 0 radical (unpaired) electrons. The zero-order chi connectivity index (χ0) is 22.9. The Hall–Kier alpha value is -3.80. The van der Waals surface area contributed by atoms with E-state index in [9.17, 15) is 14.7 Å². The van der Waals surface area contributed by atoms with Gasteiger partial charge in [-0.3, -0.25) is 10.1 Å². The minimum Gasteiger partial charge on any atom is -0.495 e. The zero-order valence-electron chi connectivity index (χ0n) is 18.2. The van der Waals surface area contributed by atoms with Crippen LogP contribution in [0, 0.1) is 0 Å². The third-order valence-corrected chi connectivity index (χ3v) is 6.04. The molecule has 32 heavy (non-hydrogen) atoms. The molecule has 0 aromatic heterocycles. The highest BCUT2D eigenvalue weighted by molar-refractivity contribution is 5.88. The van der Waals surface area contributed by atoms with E-state index in [-0.39, 0.29) is 12.5 Å². The van der Waals surface area contributed by atoms with E-state index in [4.69, 9.17) is 9.47 Å². The van der Waals surface area contributed by atoms with Crippen LogP contribution >= 0.6 is 0 Å². The van der Waals surface area contributed by atoms with Crippen LogP contribution in [0.15, 0.2) is 66.7 Å². The third-order valence-electron chi connectivity index (χ3n) is 6.04. The molecule has 3 aromatic rings. The number of hydrogen-bond acceptors (Lipinski definition) is 4. The number of anilines is 1. The van der Waals surface area contributed by atoms with Crippen molar-refractivity contribution in [3.63, 3.8) is 0 Å². The number of ether oxygens (including phenoxy) is 2. The van der Waals surface area contributed by atoms with E-state index in [2.05, 4.69) is 29.6 Å². The summed E-state index contributed by atoms with van der Waals surface area (Å²) in [5, 5.41) is 12.2. The van der Waals surface area contributed by atoms with Crippen molar-refractivity contribution in [2.45, 2.75) is 25.2 Å². The lowest BCUT2D eigenvalue weighted by molar-refractivity contribution is -0.142. The van der Waals surface area contributed by atoms with Crippen LogP contribution in [-0.2, 0) is 14.9 Å². The fourth-order valence-electron chi connectivity index (χ4n) is 4.05. The summed E-state index contributed by atoms with van der Waals surface area (Å²) < 4.78 is 10.9. The summed E-state index contributed by atoms with van der Waals surface area (Å²) in [6, 6.07) is 21.2. The predicted molar refractivity (Wildman–Crippen MR) is 122 cm³/mol. The van der Waals surface area contributed by atoms with E-state index < -0.39 is 17.5 Å². The lowest BCUT2D eigenvalue weighted by atomic mass is 9.84. The van der Waals surface area contributed by atoms with E-state index in [1.54, 1.807) is 32.0 Å². The molecule has 0 atom stereocenters. The fourth-order valence-corrected chi connectivity index (χ4v) is 4.05. The van der Waals surface area contributed by atoms with Crippen molar-refractivity contribution in [1.29, 1.82) is 0 Å². The van der Waals surface area contributed by atoms with Gasteiger partial charge in [-0.05, 0) is 53.8 Å². The maximum Gasteiger partial charge on any atom is 0.411 e. The van der Waals surface area contributed by atoms with Gasteiger partial charge in [0, 0.05) is 5.92 Å². The lowest BCUT2D eigenvalue weighted by Gasteiger charge is -2.21. The van der Waals surface area contributed by atoms with Crippen LogP contribution in [0.5, 0.6) is 5.75 Å². The van der Waals surface area contributed by atoms with Crippen molar-refractivity contribution in [3.05, 3.63) is 83.4 Å². The van der Waals surface area contributed by atoms with Crippen molar-refractivity contribution in [2.24, 2.45) is 0 Å². The lowest BCUT2D eigenvalue weighted by Crippen LogP contribution is -2.28. The number of methoxy groups -OCH3 is 1. The summed E-state index contributed by atoms with van der Waals surface area (Å²) in [7, 11) is 1.47. The Morgan fingerprint density at radius 2 is 1.56 bits per heavy atom. The Morgan fingerprint density at radius 3 is 2.12 bits per heavy atom. The van der Waals surface area contributed by atoms with Gasteiger partial charge in [-0.25, -0.2) is 4.79 Å². The molecule has 0 heterocycles. The van der Waals surface area contributed by atoms with Gasteiger partial charge in [-0.15, -0.1) is 0 Å². The quantitative estimate of drug-likeness (QED) is 0.544. The van der Waals surface area contributed by atoms with Crippen LogP contribution < -0.4 is 10.1 Å². The number of fused-ring (bicyclic) bond motifs is 3. The molecule has 0 spiro atoms. The Bertz CT molecular complexity index is 1140. The van der Waals surface area contributed by atoms with Gasteiger partial charge >= 0.3 is 12.1 Å². The molecule has 1 aliphatic carbocycles. The second-order valence-electron chi connectivity index (χ2n) is 8.30. The van der Waals surface area contributed by atoms with E-state index in [0.29, 0.717) is 17.0 Å². The number of aliphatic carboxylic acids is 1. The molecule has 6 nitrogen and oxygen atoms in total. The average Bonchev–Trinajstić information content (AvgIpc) is 3.11. The first-order valence-electron chi connectivity index (χ1n) is 10.4. The first kappa shape index (κ1) is 21.4. The highest BCUT2D eigenvalue weighted by atomic mass is 16.5. The normalized spacial score (nSPS) is 12.6. The largest absolute Gasteiger partial charge is 0.495 e. The van der Waals surface area contributed by atoms with Crippen molar-refractivity contribution in [2.75, 3.05) is 19.0 Å². The van der Waals surface area contributed by atoms with Crippen LogP contribution in [0.3, 0.4) is 0 Å². The molecular weight excluding hydrogens is 406 g/mol. The predicted octanol–water partition coefficient (Wildman–Crippen LogP) is 5.42. The Kier molecular flexibility index (Phi) is 5.61. The van der Waals surface area contributed by atoms with E-state index in [1.807, 2.05) is 24.3 Å². The summed E-state index contributed by atoms with van der Waals surface area (Å²) >= 11 is 0. The number of hydrogen-bond donors (Lipinski definition) is 2. The van der Waals surface area contributed by atoms with Crippen molar-refractivity contribution >= 4 is 17.7 Å². The van der Waals surface area contributed by atoms with E-state index in [1.165, 1.54) is 7.11 Å². The van der Waals surface area contributed by atoms with Crippen LogP contribution in [-0.4, -0.2) is 30.9 Å². The van der Waals surface area contributed by atoms with Gasteiger partial charge in [0.25, 0.3) is 0 Å². The summed E-state index contributed by atoms with van der Waals surface area (Å²) in [5.74, 6) is -0.615. The fraction of sp³-hybridized carbons (Fsp3) is 0.231. The Balaban J connectivity index is 1.49. The molecule has 2 N–H and O–H groups in total. The van der Waals surface area contributed by atoms with Crippen LogP contribution in [0.1, 0.15) is 36.5 Å². The van der Waals surface area contributed by atoms with Gasteiger partial charge in [-0.2, -0.15) is 0 Å². The highest BCUT2D eigenvalue weighted by Gasteiger charge is 2.31. The van der Waals surface area contributed by atoms with E-state index >= 15 is 0 Å². The number of nitrogens with one attached hydrogen (secondary N) is 1. The molecule has 0 saturated carbocycles. The number of carboxylic acid groups (broad SMARTS) is 1. The standard InChI is InChI=1S/C26H25NO5/c1-26(2,24(28)29)16-12-13-22(23(14-16)31-3)27-25(30)32-15-21-19-10-6-4-8-17(19)18-9-5-7-11-20(18)21/h4-14,21H,15H2,1-3H3,(H,27,30)(H,28,29). The number of rotatable bonds is 6. The molecular formula is C26H25NO5. The van der Waals surface area contributed by atoms with Gasteiger partial charge in [0.05, 0.1) is 18.2 Å². The third kappa shape index (κ3) is 3.80. The number of amides is 1. The smallest absolute Gasteiger partial charge is 0.411 e. The molecule has 0 unspecified atom stereocenters. The topological polar surface area (TPSA) is 84.9 Å². The van der Waals surface area contributed by atoms with Gasteiger partial charge in [-0.1, -0.05) is 54.6 Å². The second-order valence-corrected chi connectivity index (χ2v) is 8.30. The molecule has 6 heteroatoms. The van der Waals surface area contributed by atoms with Crippen molar-refractivity contribution in [1.82, 2.24) is 0 Å². The molecule has 0 fully saturated rings. The van der Waals surface area contributed by atoms with E-state index in [0.717, 1.165) is 22.3 Å². The summed E-state index contributed by atoms with van der Waals surface area (Å²) in [5.41, 5.74) is 4.49. The van der Waals surface area contributed by atoms with Gasteiger partial charge < -0.3 is 14.6 Å². The van der Waals surface area contributed by atoms with Crippen LogP contribution in [0.25, 0.3) is 11.1 Å². The van der Waals surface area contributed by atoms with Crippen molar-refractivity contribution in [3.8, 4) is 16.9 Å². The number of carbonyl (C=O) groups excluding carboxylic acids is 1. The van der Waals surface area contributed by atoms with Crippen LogP contribution in [0.4, 0.5) is 10.5 Å². The maximum atomic E-state index is 12.6. The number of carbonyl (C=O) groups is 2. The SMILES string of the molecule is COc1cc(C(C)(C)C(=O)O)ccc1NC(=O)OCC1c2ccccc2-c2ccccc21. The molecule has 0 bridgehead atoms. The van der Waals surface area contributed by atoms with Crippen LogP contribution in [0.2, 0.25) is 0 Å². The average molecular weight is 431 g/mol. The summed E-state index contributed by atoms with van der Waals surface area (Å²) in [6.45, 7) is 3.43. The monoisotopic (exact) mass is 431 g/mol. The molecule has 164 valence electrons. The summed E-state index contributed by atoms with van der Waals surface area (Å²) in [6.07, 6.45) is -0.601. The highest BCUT2D eigenvalue weighted by Crippen LogP contribution is 2.44. The minimum atomic E-state index is -1.09. The van der Waals surface area contributed by atoms with Gasteiger partial charge in [0.15, 0.2) is 0 Å². The molecule has 1 aliphatic rings. The van der Waals surface area contributed by atoms with Crippen molar-refractivity contribution < 1.29 is 24.2 Å². The molecule has 0 aliphatic heterocycles. The molecule has 0 saturated heterocycles. The minimum absolute atomic E-state index is 0.0335. The molecule has 1 amide bonds. The maximum absolute atomic E-state index is 12.6. The van der Waals surface area contributed by atoms with Gasteiger partial charge in [0.2, 0.25) is 0 Å². The Morgan fingerprint density at radius 1 is 0.969 bits per heavy atom. The molecule has 4 rings (SSSR count). The Labute approximate surface area is 186 Å². The molecule has 3 aromatic carbocycles.